The van der Waals surface area contributed by atoms with E-state index in [9.17, 15) is 13.2 Å². The van der Waals surface area contributed by atoms with Crippen molar-refractivity contribution in [3.63, 3.8) is 0 Å². The van der Waals surface area contributed by atoms with Crippen LogP contribution in [0.15, 0.2) is 24.3 Å². The fraction of sp³-hybridized carbons (Fsp3) is 0.400. The second-order valence-electron chi connectivity index (χ2n) is 7.08. The molecule has 0 saturated carbocycles. The number of sulfonamides is 1. The monoisotopic (exact) mass is 421 g/mol. The van der Waals surface area contributed by atoms with Crippen LogP contribution in [-0.2, 0) is 16.4 Å². The number of aryl methyl sites for hydroxylation is 3. The lowest BCUT2D eigenvalue weighted by Crippen LogP contribution is -2.27. The number of nitrogens with one attached hydrogen (secondary N) is 1. The third-order valence-corrected chi connectivity index (χ3v) is 6.97. The lowest BCUT2D eigenvalue weighted by molar-refractivity contribution is 0.102. The van der Waals surface area contributed by atoms with E-state index < -0.39 is 10.0 Å². The van der Waals surface area contributed by atoms with E-state index in [4.69, 9.17) is 11.6 Å². The molecule has 0 spiro atoms. The molecule has 0 radical (unpaired) electrons. The maximum Gasteiger partial charge on any atom is 0.257 e. The Bertz CT molecular complexity index is 1020. The maximum atomic E-state index is 12.9. The molecular weight excluding hydrogens is 398 g/mol. The highest BCUT2D eigenvalue weighted by molar-refractivity contribution is 7.93. The average molecular weight is 422 g/mol. The van der Waals surface area contributed by atoms with Crippen LogP contribution in [0.25, 0.3) is 0 Å². The Balaban J connectivity index is 1.94. The molecule has 1 N–H and O–H groups in total. The predicted octanol–water partition coefficient (Wildman–Crippen LogP) is 4.10. The summed E-state index contributed by atoms with van der Waals surface area (Å²) in [6.07, 6.45) is 2.48. The average Bonchev–Trinajstić information content (AvgIpc) is 2.96. The molecule has 2 heterocycles. The number of carbonyl (C=O) groups excluding carboxylic acids is 1. The summed E-state index contributed by atoms with van der Waals surface area (Å²) in [4.78, 5) is 17.2. The van der Waals surface area contributed by atoms with E-state index in [2.05, 4.69) is 23.3 Å². The second kappa shape index (κ2) is 8.09. The van der Waals surface area contributed by atoms with E-state index in [0.717, 1.165) is 24.0 Å². The van der Waals surface area contributed by atoms with Gasteiger partial charge in [-0.25, -0.2) is 13.4 Å². The zero-order chi connectivity index (χ0) is 20.5. The molecule has 1 aliphatic heterocycles. The number of amides is 1. The topological polar surface area (TPSA) is 79.4 Å². The fourth-order valence-electron chi connectivity index (χ4n) is 3.40. The summed E-state index contributed by atoms with van der Waals surface area (Å²) >= 11 is 6.33. The number of benzene rings is 1. The van der Waals surface area contributed by atoms with E-state index in [1.807, 2.05) is 19.1 Å². The van der Waals surface area contributed by atoms with Crippen molar-refractivity contribution in [1.82, 2.24) is 4.98 Å². The molecule has 0 atom stereocenters. The van der Waals surface area contributed by atoms with Crippen molar-refractivity contribution in [1.29, 1.82) is 0 Å². The van der Waals surface area contributed by atoms with Crippen LogP contribution in [0.2, 0.25) is 5.02 Å². The molecule has 1 fully saturated rings. The Labute approximate surface area is 171 Å². The van der Waals surface area contributed by atoms with Crippen molar-refractivity contribution in [2.75, 3.05) is 21.9 Å². The summed E-state index contributed by atoms with van der Waals surface area (Å²) in [6, 6.07) is 7.39. The molecule has 2 aromatic rings. The molecule has 0 bridgehead atoms. The van der Waals surface area contributed by atoms with Gasteiger partial charge in [0.15, 0.2) is 0 Å². The molecule has 0 unspecified atom stereocenters. The van der Waals surface area contributed by atoms with Crippen LogP contribution >= 0.6 is 11.6 Å². The van der Waals surface area contributed by atoms with Crippen molar-refractivity contribution < 1.29 is 13.2 Å². The minimum Gasteiger partial charge on any atom is -0.322 e. The van der Waals surface area contributed by atoms with Gasteiger partial charge in [0, 0.05) is 12.2 Å². The summed E-state index contributed by atoms with van der Waals surface area (Å²) in [5, 5.41) is 3.11. The van der Waals surface area contributed by atoms with Gasteiger partial charge >= 0.3 is 0 Å². The van der Waals surface area contributed by atoms with Gasteiger partial charge in [-0.2, -0.15) is 0 Å². The molecule has 3 rings (SSSR count). The van der Waals surface area contributed by atoms with E-state index >= 15 is 0 Å². The summed E-state index contributed by atoms with van der Waals surface area (Å²) < 4.78 is 25.7. The van der Waals surface area contributed by atoms with Crippen molar-refractivity contribution in [2.45, 2.75) is 40.0 Å². The molecule has 8 heteroatoms. The zero-order valence-corrected chi connectivity index (χ0v) is 17.8. The Kier molecular flexibility index (Phi) is 5.95. The van der Waals surface area contributed by atoms with Gasteiger partial charge in [0.25, 0.3) is 5.91 Å². The quantitative estimate of drug-likeness (QED) is 0.788. The highest BCUT2D eigenvalue weighted by Crippen LogP contribution is 2.29. The molecule has 28 heavy (non-hydrogen) atoms. The van der Waals surface area contributed by atoms with Crippen LogP contribution < -0.4 is 9.62 Å². The number of anilines is 2. The molecule has 1 saturated heterocycles. The van der Waals surface area contributed by atoms with Gasteiger partial charge in [0.05, 0.1) is 22.0 Å². The van der Waals surface area contributed by atoms with Crippen LogP contribution in [0.5, 0.6) is 0 Å². The van der Waals surface area contributed by atoms with E-state index in [-0.39, 0.29) is 28.1 Å². The largest absolute Gasteiger partial charge is 0.322 e. The van der Waals surface area contributed by atoms with Crippen LogP contribution in [-0.4, -0.2) is 31.6 Å². The molecular formula is C20H24ClN3O3S. The van der Waals surface area contributed by atoms with Crippen LogP contribution in [0.1, 0.15) is 46.9 Å². The van der Waals surface area contributed by atoms with Crippen LogP contribution in [0.3, 0.4) is 0 Å². The normalized spacial score (nSPS) is 15.6. The van der Waals surface area contributed by atoms with E-state index in [1.54, 1.807) is 6.92 Å². The fourth-order valence-corrected chi connectivity index (χ4v) is 5.08. The first-order chi connectivity index (χ1) is 13.2. The number of aromatic nitrogens is 1. The molecule has 6 nitrogen and oxygen atoms in total. The Hall–Kier alpha value is -2.12. The number of pyridine rings is 1. The molecule has 1 aromatic carbocycles. The summed E-state index contributed by atoms with van der Waals surface area (Å²) in [5.41, 5.74) is 3.53. The number of hydrogen-bond donors (Lipinski definition) is 1. The van der Waals surface area contributed by atoms with Gasteiger partial charge in [-0.15, -0.1) is 0 Å². The second-order valence-corrected chi connectivity index (χ2v) is 9.47. The van der Waals surface area contributed by atoms with Gasteiger partial charge in [0.2, 0.25) is 10.0 Å². The highest BCUT2D eigenvalue weighted by Gasteiger charge is 2.30. The van der Waals surface area contributed by atoms with Gasteiger partial charge < -0.3 is 5.32 Å². The highest BCUT2D eigenvalue weighted by atomic mass is 35.5. The number of carbonyl (C=O) groups is 1. The first-order valence-electron chi connectivity index (χ1n) is 9.30. The van der Waals surface area contributed by atoms with Gasteiger partial charge in [-0.3, -0.25) is 9.10 Å². The van der Waals surface area contributed by atoms with Crippen molar-refractivity contribution in [3.8, 4) is 0 Å². The summed E-state index contributed by atoms with van der Waals surface area (Å²) in [5.74, 6) is -0.0664. The van der Waals surface area contributed by atoms with Crippen molar-refractivity contribution in [2.24, 2.45) is 0 Å². The number of halogens is 1. The third kappa shape index (κ3) is 4.31. The molecule has 1 aromatic heterocycles. The molecule has 1 aliphatic rings. The SMILES string of the molecule is CCCc1cc(C)cc(NC(=O)c2cc(N3CCCS3(=O)=O)nc(C)c2Cl)c1. The number of hydrogen-bond acceptors (Lipinski definition) is 4. The summed E-state index contributed by atoms with van der Waals surface area (Å²) in [7, 11) is -3.39. The van der Waals surface area contributed by atoms with Gasteiger partial charge in [0.1, 0.15) is 5.82 Å². The lowest BCUT2D eigenvalue weighted by atomic mass is 10.1. The van der Waals surface area contributed by atoms with Crippen molar-refractivity contribution >= 4 is 39.0 Å². The zero-order valence-electron chi connectivity index (χ0n) is 16.3. The first-order valence-corrected chi connectivity index (χ1v) is 11.3. The van der Waals surface area contributed by atoms with E-state index in [0.29, 0.717) is 24.3 Å². The predicted molar refractivity (Wildman–Crippen MR) is 113 cm³/mol. The molecule has 1 amide bonds. The summed E-state index contributed by atoms with van der Waals surface area (Å²) in [6.45, 7) is 6.11. The van der Waals surface area contributed by atoms with Gasteiger partial charge in [-0.05, 0) is 56.0 Å². The van der Waals surface area contributed by atoms with E-state index in [1.165, 1.54) is 10.4 Å². The Morgan fingerprint density at radius 1 is 1.25 bits per heavy atom. The first kappa shape index (κ1) is 20.6. The van der Waals surface area contributed by atoms with Crippen LogP contribution in [0.4, 0.5) is 11.5 Å². The molecule has 0 aliphatic carbocycles. The minimum absolute atomic E-state index is 0.0847. The molecule has 150 valence electrons. The minimum atomic E-state index is -3.39. The smallest absolute Gasteiger partial charge is 0.257 e. The lowest BCUT2D eigenvalue weighted by Gasteiger charge is -2.18. The number of nitrogens with zero attached hydrogens (tertiary/aromatic N) is 2. The maximum absolute atomic E-state index is 12.9. The standard InChI is InChI=1S/C20H24ClN3O3S/c1-4-6-15-9-13(2)10-16(11-15)23-20(25)17-12-18(22-14(3)19(17)21)24-7-5-8-28(24,26)27/h9-12H,4-8H2,1-3H3,(H,23,25). The Morgan fingerprint density at radius 2 is 2.00 bits per heavy atom. The van der Waals surface area contributed by atoms with Crippen molar-refractivity contribution in [3.05, 3.63) is 51.7 Å². The number of rotatable bonds is 5. The van der Waals surface area contributed by atoms with Gasteiger partial charge in [-0.1, -0.05) is 31.0 Å². The van der Waals surface area contributed by atoms with Crippen LogP contribution in [0, 0.1) is 13.8 Å². The third-order valence-electron chi connectivity index (χ3n) is 4.64. The Morgan fingerprint density at radius 3 is 2.64 bits per heavy atom.